The molecule has 1 aliphatic rings. The minimum absolute atomic E-state index is 0.0832. The van der Waals surface area contributed by atoms with Crippen molar-refractivity contribution in [2.24, 2.45) is 0 Å². The summed E-state index contributed by atoms with van der Waals surface area (Å²) in [6, 6.07) is 6.72. The summed E-state index contributed by atoms with van der Waals surface area (Å²) in [6.07, 6.45) is -0.168. The molecule has 1 amide bonds. The Kier molecular flexibility index (Phi) is 3.97. The van der Waals surface area contributed by atoms with Gasteiger partial charge >= 0.3 is 11.8 Å². The molecule has 128 valence electrons. The molecule has 1 aliphatic heterocycles. The van der Waals surface area contributed by atoms with E-state index in [1.165, 1.54) is 18.3 Å². The second kappa shape index (κ2) is 5.86. The van der Waals surface area contributed by atoms with Crippen LogP contribution in [0.4, 0.5) is 18.9 Å². The summed E-state index contributed by atoms with van der Waals surface area (Å²) < 4.78 is 42.9. The van der Waals surface area contributed by atoms with Gasteiger partial charge in [0.05, 0.1) is 23.9 Å². The molecule has 25 heavy (non-hydrogen) atoms. The van der Waals surface area contributed by atoms with E-state index < -0.39 is 34.9 Å². The van der Waals surface area contributed by atoms with Crippen molar-refractivity contribution in [3.05, 3.63) is 58.7 Å². The van der Waals surface area contributed by atoms with Crippen LogP contribution in [0.5, 0.6) is 0 Å². The van der Waals surface area contributed by atoms with Crippen LogP contribution < -0.4 is 4.90 Å². The Balaban J connectivity index is 2.12. The van der Waals surface area contributed by atoms with Gasteiger partial charge in [-0.15, -0.1) is 0 Å². The van der Waals surface area contributed by atoms with Crippen LogP contribution in [0.1, 0.15) is 35.4 Å². The Bertz CT molecular complexity index is 906. The molecule has 8 heteroatoms. The molecule has 0 spiro atoms. The van der Waals surface area contributed by atoms with Crippen LogP contribution in [0.25, 0.3) is 0 Å². The van der Waals surface area contributed by atoms with E-state index in [9.17, 15) is 23.1 Å². The minimum atomic E-state index is -3.95. The number of nitrogens with zero attached hydrogens (tertiary/aromatic N) is 3. The summed E-state index contributed by atoms with van der Waals surface area (Å²) >= 11 is 0. The summed E-state index contributed by atoms with van der Waals surface area (Å²) in [5.41, 5.74) is -1.07. The molecule has 2 aromatic rings. The molecule has 1 aromatic heterocycles. The first-order chi connectivity index (χ1) is 11.8. The molecule has 0 radical (unpaired) electrons. The number of amides is 1. The van der Waals surface area contributed by atoms with Crippen LogP contribution in [-0.2, 0) is 17.3 Å². The Morgan fingerprint density at radius 2 is 2.12 bits per heavy atom. The molecule has 5 nitrogen and oxygen atoms in total. The number of anilines is 1. The Hall–Kier alpha value is -2.92. The van der Waals surface area contributed by atoms with Crippen molar-refractivity contribution in [1.29, 1.82) is 5.26 Å². The second-order valence-electron chi connectivity index (χ2n) is 5.66. The third kappa shape index (κ3) is 2.62. The first kappa shape index (κ1) is 16.9. The first-order valence-electron chi connectivity index (χ1n) is 7.33. The van der Waals surface area contributed by atoms with Gasteiger partial charge in [-0.1, -0.05) is 0 Å². The van der Waals surface area contributed by atoms with Gasteiger partial charge in [0.1, 0.15) is 17.6 Å². The fraction of sp³-hybridized carbons (Fsp3) is 0.235. The van der Waals surface area contributed by atoms with E-state index in [0.717, 1.165) is 24.0 Å². The number of halogens is 3. The average molecular weight is 347 g/mol. The van der Waals surface area contributed by atoms with Crippen LogP contribution in [0.15, 0.2) is 30.5 Å². The lowest BCUT2D eigenvalue weighted by atomic mass is 9.98. The van der Waals surface area contributed by atoms with E-state index in [2.05, 4.69) is 4.98 Å². The summed E-state index contributed by atoms with van der Waals surface area (Å²) in [5, 5.41) is 18.5. The van der Waals surface area contributed by atoms with Crippen LogP contribution in [-0.4, -0.2) is 16.0 Å². The molecule has 0 saturated heterocycles. The smallest absolute Gasteiger partial charge is 0.352 e. The molecular formula is C17H12F3N3O2. The molecular weight excluding hydrogens is 335 g/mol. The van der Waals surface area contributed by atoms with E-state index in [-0.39, 0.29) is 17.9 Å². The molecule has 1 N–H and O–H groups in total. The summed E-state index contributed by atoms with van der Waals surface area (Å²) in [6.45, 7) is 0.924. The van der Waals surface area contributed by atoms with Gasteiger partial charge in [0.25, 0.3) is 0 Å². The maximum atomic E-state index is 14.5. The lowest BCUT2D eigenvalue weighted by Gasteiger charge is -2.18. The number of aliphatic hydroxyl groups excluding tert-OH is 1. The second-order valence-corrected chi connectivity index (χ2v) is 5.66. The van der Waals surface area contributed by atoms with Gasteiger partial charge in [0.2, 0.25) is 0 Å². The zero-order valence-electron chi connectivity index (χ0n) is 13.0. The number of hydrogen-bond acceptors (Lipinski definition) is 4. The Morgan fingerprint density at radius 1 is 1.40 bits per heavy atom. The number of benzene rings is 1. The number of aromatic nitrogens is 1. The molecule has 0 bridgehead atoms. The van der Waals surface area contributed by atoms with Crippen molar-refractivity contribution in [1.82, 2.24) is 4.98 Å². The van der Waals surface area contributed by atoms with Crippen LogP contribution in [0, 0.1) is 17.1 Å². The molecule has 1 unspecified atom stereocenters. The number of carbonyl (C=O) groups excluding carboxylic acids is 1. The highest BCUT2D eigenvalue weighted by atomic mass is 19.3. The molecule has 1 aromatic carbocycles. The van der Waals surface area contributed by atoms with Gasteiger partial charge < -0.3 is 10.0 Å². The van der Waals surface area contributed by atoms with Gasteiger partial charge in [-0.3, -0.25) is 4.79 Å². The van der Waals surface area contributed by atoms with Gasteiger partial charge in [-0.05, 0) is 36.8 Å². The fourth-order valence-electron chi connectivity index (χ4n) is 2.91. The van der Waals surface area contributed by atoms with Crippen LogP contribution in [0.3, 0.4) is 0 Å². The van der Waals surface area contributed by atoms with Crippen molar-refractivity contribution in [2.75, 3.05) is 4.90 Å². The molecule has 0 saturated carbocycles. The lowest BCUT2D eigenvalue weighted by Crippen LogP contribution is -2.34. The molecule has 2 heterocycles. The van der Waals surface area contributed by atoms with Gasteiger partial charge in [-0.2, -0.15) is 14.0 Å². The van der Waals surface area contributed by atoms with Crippen LogP contribution in [0.2, 0.25) is 0 Å². The van der Waals surface area contributed by atoms with Crippen molar-refractivity contribution < 1.29 is 23.1 Å². The average Bonchev–Trinajstić information content (AvgIpc) is 2.76. The highest BCUT2D eigenvalue weighted by Crippen LogP contribution is 2.48. The SMILES string of the molecule is CC(O)c1c(F)ccc2c1C(F)(F)C(=O)N2Cc1ccnc(C#N)c1. The number of rotatable bonds is 3. The molecule has 0 aliphatic carbocycles. The van der Waals surface area contributed by atoms with E-state index in [1.807, 2.05) is 6.07 Å². The van der Waals surface area contributed by atoms with E-state index in [4.69, 9.17) is 5.26 Å². The highest BCUT2D eigenvalue weighted by Gasteiger charge is 2.55. The monoisotopic (exact) mass is 347 g/mol. The predicted molar refractivity (Wildman–Crippen MR) is 81.1 cm³/mol. The number of carbonyl (C=O) groups is 1. The van der Waals surface area contributed by atoms with Crippen molar-refractivity contribution >= 4 is 11.6 Å². The number of nitriles is 1. The number of fused-ring (bicyclic) bond motifs is 1. The van der Waals surface area contributed by atoms with E-state index in [0.29, 0.717) is 5.56 Å². The summed E-state index contributed by atoms with van der Waals surface area (Å²) in [7, 11) is 0. The summed E-state index contributed by atoms with van der Waals surface area (Å²) in [4.78, 5) is 16.8. The van der Waals surface area contributed by atoms with E-state index >= 15 is 0 Å². The van der Waals surface area contributed by atoms with Gasteiger partial charge in [0.15, 0.2) is 0 Å². The normalized spacial score (nSPS) is 16.5. The Morgan fingerprint density at radius 3 is 2.76 bits per heavy atom. The van der Waals surface area contributed by atoms with Gasteiger partial charge in [-0.25, -0.2) is 9.37 Å². The lowest BCUT2D eigenvalue weighted by molar-refractivity contribution is -0.141. The van der Waals surface area contributed by atoms with E-state index in [1.54, 1.807) is 0 Å². The Labute approximate surface area is 140 Å². The number of alkyl halides is 2. The van der Waals surface area contributed by atoms with Crippen molar-refractivity contribution in [3.63, 3.8) is 0 Å². The third-order valence-electron chi connectivity index (χ3n) is 3.99. The highest BCUT2D eigenvalue weighted by molar-refractivity contribution is 6.06. The first-order valence-corrected chi connectivity index (χ1v) is 7.33. The van der Waals surface area contributed by atoms with Gasteiger partial charge in [0, 0.05) is 11.8 Å². The van der Waals surface area contributed by atoms with Crippen LogP contribution >= 0.6 is 0 Å². The maximum absolute atomic E-state index is 14.5. The zero-order valence-corrected chi connectivity index (χ0v) is 13.0. The third-order valence-corrected chi connectivity index (χ3v) is 3.99. The van der Waals surface area contributed by atoms with Crippen molar-refractivity contribution in [3.8, 4) is 6.07 Å². The maximum Gasteiger partial charge on any atom is 0.352 e. The largest absolute Gasteiger partial charge is 0.389 e. The van der Waals surface area contributed by atoms with Crippen molar-refractivity contribution in [2.45, 2.75) is 25.5 Å². The number of aliphatic hydroxyl groups is 1. The fourth-order valence-corrected chi connectivity index (χ4v) is 2.91. The molecule has 0 fully saturated rings. The zero-order chi connectivity index (χ0) is 18.4. The standard InChI is InChI=1S/C17H12F3N3O2/c1-9(24)14-12(18)2-3-13-15(14)17(19,20)16(25)23(13)8-10-4-5-22-11(6-10)7-21/h2-6,9,24H,8H2,1H3. The molecule has 3 rings (SSSR count). The minimum Gasteiger partial charge on any atom is -0.389 e. The number of hydrogen-bond donors (Lipinski definition) is 1. The quantitative estimate of drug-likeness (QED) is 0.926. The molecule has 1 atom stereocenters. The number of pyridine rings is 1. The summed E-state index contributed by atoms with van der Waals surface area (Å²) in [5.74, 6) is -6.46. The predicted octanol–water partition coefficient (Wildman–Crippen LogP) is 2.78. The topological polar surface area (TPSA) is 77.2 Å².